The summed E-state index contributed by atoms with van der Waals surface area (Å²) >= 11 is 11.0. The van der Waals surface area contributed by atoms with Crippen LogP contribution in [0.4, 0.5) is 11.4 Å². The third-order valence-electron chi connectivity index (χ3n) is 3.40. The molecule has 5 nitrogen and oxygen atoms in total. The molecular formula is C17H20ClN3O2S2. The molecule has 3 N–H and O–H groups in total. The molecule has 0 aliphatic rings. The lowest BCUT2D eigenvalue weighted by Crippen LogP contribution is -2.29. The van der Waals surface area contributed by atoms with Crippen LogP contribution in [0.2, 0.25) is 5.02 Å². The number of rotatable bonds is 6. The number of sulfonamides is 1. The van der Waals surface area contributed by atoms with Crippen LogP contribution in [0.5, 0.6) is 0 Å². The summed E-state index contributed by atoms with van der Waals surface area (Å²) in [7, 11) is -3.71. The summed E-state index contributed by atoms with van der Waals surface area (Å²) in [5.41, 5.74) is 1.98. The minimum absolute atomic E-state index is 0.147. The van der Waals surface area contributed by atoms with E-state index in [1.54, 1.807) is 42.5 Å². The zero-order valence-corrected chi connectivity index (χ0v) is 16.4. The first-order valence-corrected chi connectivity index (χ1v) is 10.0. The maximum Gasteiger partial charge on any atom is 0.261 e. The van der Waals surface area contributed by atoms with Gasteiger partial charge in [0.25, 0.3) is 10.0 Å². The number of thiocarbonyl (C=S) groups is 1. The molecule has 2 aromatic rings. The molecule has 0 aromatic heterocycles. The van der Waals surface area contributed by atoms with Gasteiger partial charge in [-0.15, -0.1) is 0 Å². The molecule has 2 rings (SSSR count). The SMILES string of the molecule is CCCNC(=S)Nc1cc(S(=O)(=O)Nc2ccc(Cl)cc2)ccc1C. The van der Waals surface area contributed by atoms with Gasteiger partial charge in [0.05, 0.1) is 4.90 Å². The van der Waals surface area contributed by atoms with Crippen LogP contribution >= 0.6 is 23.8 Å². The molecule has 0 heterocycles. The smallest absolute Gasteiger partial charge is 0.261 e. The van der Waals surface area contributed by atoms with Crippen molar-refractivity contribution in [3.05, 3.63) is 53.1 Å². The number of hydrogen-bond donors (Lipinski definition) is 3. The van der Waals surface area contributed by atoms with E-state index in [1.807, 2.05) is 13.8 Å². The second-order valence-electron chi connectivity index (χ2n) is 5.47. The topological polar surface area (TPSA) is 70.2 Å². The highest BCUT2D eigenvalue weighted by atomic mass is 35.5. The molecule has 134 valence electrons. The van der Waals surface area contributed by atoms with E-state index in [4.69, 9.17) is 23.8 Å². The first kappa shape index (κ1) is 19.5. The highest BCUT2D eigenvalue weighted by Crippen LogP contribution is 2.23. The fraction of sp³-hybridized carbons (Fsp3) is 0.235. The van der Waals surface area contributed by atoms with Crippen molar-refractivity contribution in [2.24, 2.45) is 0 Å². The van der Waals surface area contributed by atoms with Crippen LogP contribution in [-0.2, 0) is 10.0 Å². The highest BCUT2D eigenvalue weighted by molar-refractivity contribution is 7.92. The molecule has 25 heavy (non-hydrogen) atoms. The van der Waals surface area contributed by atoms with Crippen molar-refractivity contribution in [1.82, 2.24) is 5.32 Å². The van der Waals surface area contributed by atoms with E-state index in [1.165, 1.54) is 0 Å². The van der Waals surface area contributed by atoms with Gasteiger partial charge in [-0.1, -0.05) is 24.6 Å². The molecule has 0 fully saturated rings. The first-order chi connectivity index (χ1) is 11.8. The van der Waals surface area contributed by atoms with E-state index in [-0.39, 0.29) is 4.90 Å². The lowest BCUT2D eigenvalue weighted by Gasteiger charge is -2.14. The van der Waals surface area contributed by atoms with E-state index in [0.717, 1.165) is 18.5 Å². The zero-order chi connectivity index (χ0) is 18.4. The second-order valence-corrected chi connectivity index (χ2v) is 8.00. The zero-order valence-electron chi connectivity index (χ0n) is 14.0. The van der Waals surface area contributed by atoms with Gasteiger partial charge in [0.15, 0.2) is 5.11 Å². The van der Waals surface area contributed by atoms with E-state index in [2.05, 4.69) is 15.4 Å². The average molecular weight is 398 g/mol. The van der Waals surface area contributed by atoms with Gasteiger partial charge in [-0.2, -0.15) is 0 Å². The Morgan fingerprint density at radius 1 is 1.16 bits per heavy atom. The number of anilines is 2. The van der Waals surface area contributed by atoms with Gasteiger partial charge in [0.1, 0.15) is 0 Å². The minimum atomic E-state index is -3.71. The molecule has 0 saturated carbocycles. The summed E-state index contributed by atoms with van der Waals surface area (Å²) in [6, 6.07) is 11.3. The van der Waals surface area contributed by atoms with Crippen LogP contribution in [-0.4, -0.2) is 20.1 Å². The summed E-state index contributed by atoms with van der Waals surface area (Å²) in [4.78, 5) is 0.147. The van der Waals surface area contributed by atoms with Crippen LogP contribution in [0.1, 0.15) is 18.9 Å². The van der Waals surface area contributed by atoms with E-state index in [0.29, 0.717) is 21.5 Å². The van der Waals surface area contributed by atoms with Crippen molar-refractivity contribution in [2.75, 3.05) is 16.6 Å². The van der Waals surface area contributed by atoms with Crippen molar-refractivity contribution in [2.45, 2.75) is 25.2 Å². The third kappa shape index (κ3) is 5.59. The number of nitrogens with one attached hydrogen (secondary N) is 3. The Morgan fingerprint density at radius 2 is 1.84 bits per heavy atom. The van der Waals surface area contributed by atoms with Crippen molar-refractivity contribution in [1.29, 1.82) is 0 Å². The molecule has 8 heteroatoms. The summed E-state index contributed by atoms with van der Waals surface area (Å²) in [5, 5.41) is 7.10. The summed E-state index contributed by atoms with van der Waals surface area (Å²) in [6.45, 7) is 4.67. The average Bonchev–Trinajstić information content (AvgIpc) is 2.56. The van der Waals surface area contributed by atoms with Gasteiger partial charge < -0.3 is 10.6 Å². The second kappa shape index (κ2) is 8.51. The maximum atomic E-state index is 12.6. The van der Waals surface area contributed by atoms with Gasteiger partial charge in [-0.05, 0) is 67.5 Å². The van der Waals surface area contributed by atoms with E-state index >= 15 is 0 Å². The number of aryl methyl sites for hydroxylation is 1. The van der Waals surface area contributed by atoms with Gasteiger partial charge in [0, 0.05) is 22.9 Å². The lowest BCUT2D eigenvalue weighted by atomic mass is 10.2. The largest absolute Gasteiger partial charge is 0.362 e. The van der Waals surface area contributed by atoms with Crippen LogP contribution in [0.3, 0.4) is 0 Å². The summed E-state index contributed by atoms with van der Waals surface area (Å²) in [5.74, 6) is 0. The predicted octanol–water partition coefficient (Wildman–Crippen LogP) is 4.15. The van der Waals surface area contributed by atoms with E-state index in [9.17, 15) is 8.42 Å². The van der Waals surface area contributed by atoms with Crippen molar-refractivity contribution in [3.8, 4) is 0 Å². The molecule has 0 bridgehead atoms. The van der Waals surface area contributed by atoms with Gasteiger partial charge in [-0.3, -0.25) is 4.72 Å². The molecule has 0 amide bonds. The molecule has 0 radical (unpaired) electrons. The number of benzene rings is 2. The Kier molecular flexibility index (Phi) is 6.64. The Hall–Kier alpha value is -1.83. The molecule has 0 aliphatic heterocycles. The Labute approximate surface area is 158 Å². The summed E-state index contributed by atoms with van der Waals surface area (Å²) < 4.78 is 27.7. The third-order valence-corrected chi connectivity index (χ3v) is 5.28. The fourth-order valence-corrected chi connectivity index (χ4v) is 3.46. The van der Waals surface area contributed by atoms with Gasteiger partial charge in [-0.25, -0.2) is 8.42 Å². The molecule has 2 aromatic carbocycles. The standard InChI is InChI=1S/C17H20ClN3O2S2/c1-3-10-19-17(24)20-16-11-15(9-4-12(16)2)25(22,23)21-14-7-5-13(18)6-8-14/h4-9,11,21H,3,10H2,1-2H3,(H2,19,20,24). The monoisotopic (exact) mass is 397 g/mol. The van der Waals surface area contributed by atoms with Gasteiger partial charge in [0.2, 0.25) is 0 Å². The lowest BCUT2D eigenvalue weighted by molar-refractivity contribution is 0.601. The van der Waals surface area contributed by atoms with Crippen molar-refractivity contribution in [3.63, 3.8) is 0 Å². The number of halogens is 1. The molecule has 0 spiro atoms. The van der Waals surface area contributed by atoms with Gasteiger partial charge >= 0.3 is 0 Å². The van der Waals surface area contributed by atoms with E-state index < -0.39 is 10.0 Å². The Balaban J connectivity index is 2.21. The molecule has 0 saturated heterocycles. The van der Waals surface area contributed by atoms with Crippen molar-refractivity contribution < 1.29 is 8.42 Å². The molecule has 0 aliphatic carbocycles. The van der Waals surface area contributed by atoms with Crippen LogP contribution < -0.4 is 15.4 Å². The normalized spacial score (nSPS) is 11.0. The maximum absolute atomic E-state index is 12.6. The van der Waals surface area contributed by atoms with Crippen LogP contribution in [0, 0.1) is 6.92 Å². The van der Waals surface area contributed by atoms with Crippen molar-refractivity contribution >= 4 is 50.3 Å². The molecule has 0 atom stereocenters. The molecule has 0 unspecified atom stereocenters. The molecular weight excluding hydrogens is 378 g/mol. The quantitative estimate of drug-likeness (QED) is 0.639. The fourth-order valence-electron chi connectivity index (χ4n) is 2.04. The van der Waals surface area contributed by atoms with Crippen LogP contribution in [0.25, 0.3) is 0 Å². The highest BCUT2D eigenvalue weighted by Gasteiger charge is 2.16. The minimum Gasteiger partial charge on any atom is -0.362 e. The number of hydrogen-bond acceptors (Lipinski definition) is 3. The first-order valence-electron chi connectivity index (χ1n) is 7.75. The Morgan fingerprint density at radius 3 is 2.48 bits per heavy atom. The van der Waals surface area contributed by atoms with Crippen LogP contribution in [0.15, 0.2) is 47.4 Å². The predicted molar refractivity (Wildman–Crippen MR) is 108 cm³/mol. The Bertz CT molecular complexity index is 853. The summed E-state index contributed by atoms with van der Waals surface area (Å²) in [6.07, 6.45) is 0.945.